The van der Waals surface area contributed by atoms with Gasteiger partial charge in [0, 0.05) is 6.54 Å². The van der Waals surface area contributed by atoms with Crippen molar-refractivity contribution < 1.29 is 0 Å². The van der Waals surface area contributed by atoms with Gasteiger partial charge in [0.25, 0.3) is 0 Å². The molecule has 0 spiro atoms. The van der Waals surface area contributed by atoms with E-state index in [0.29, 0.717) is 0 Å². The fraction of sp³-hybridized carbons (Fsp3) is 0.500. The van der Waals surface area contributed by atoms with Gasteiger partial charge in [-0.25, -0.2) is 4.98 Å². The summed E-state index contributed by atoms with van der Waals surface area (Å²) in [5, 5.41) is 3.72. The van der Waals surface area contributed by atoms with Crippen molar-refractivity contribution in [2.75, 3.05) is 0 Å². The van der Waals surface area contributed by atoms with Gasteiger partial charge in [-0.15, -0.1) is 5.10 Å². The zero-order valence-corrected chi connectivity index (χ0v) is 4.13. The van der Waals surface area contributed by atoms with Crippen LogP contribution in [-0.4, -0.2) is 14.8 Å². The van der Waals surface area contributed by atoms with Gasteiger partial charge in [-0.3, -0.25) is 4.68 Å². The van der Waals surface area contributed by atoms with Gasteiger partial charge >= 0.3 is 0 Å². The maximum atomic E-state index is 3.72. The Morgan fingerprint density at radius 2 is 2.71 bits per heavy atom. The van der Waals surface area contributed by atoms with Crippen LogP contribution in [0.4, 0.5) is 0 Å². The average Bonchev–Trinajstić information content (AvgIpc) is 2.14. The van der Waals surface area contributed by atoms with Crippen LogP contribution in [0.2, 0.25) is 0 Å². The molecule has 1 rings (SSSR count). The number of rotatable bonds is 1. The third-order valence-electron chi connectivity index (χ3n) is 0.746. The quantitative estimate of drug-likeness (QED) is 0.496. The molecule has 0 bridgehead atoms. The SMILES string of the molecule is CCn1cn[c]n1. The van der Waals surface area contributed by atoms with E-state index in [9.17, 15) is 0 Å². The first-order valence-electron chi connectivity index (χ1n) is 2.19. The number of aryl methyl sites for hydroxylation is 1. The standard InChI is InChI=1S/C4H6N3/c1-2-7-4-5-3-6-7/h4H,2H2,1H3. The highest BCUT2D eigenvalue weighted by Crippen LogP contribution is 1.73. The molecule has 7 heavy (non-hydrogen) atoms. The highest BCUT2D eigenvalue weighted by Gasteiger charge is 1.79. The molecule has 0 fully saturated rings. The van der Waals surface area contributed by atoms with Crippen LogP contribution in [0.5, 0.6) is 0 Å². The molecule has 0 atom stereocenters. The van der Waals surface area contributed by atoms with E-state index in [0.717, 1.165) is 6.54 Å². The maximum absolute atomic E-state index is 3.72. The summed E-state index contributed by atoms with van der Waals surface area (Å²) in [6, 6.07) is 0. The van der Waals surface area contributed by atoms with Gasteiger partial charge < -0.3 is 0 Å². The summed E-state index contributed by atoms with van der Waals surface area (Å²) < 4.78 is 1.71. The fourth-order valence-corrected chi connectivity index (χ4v) is 0.354. The smallest absolute Gasteiger partial charge is 0.220 e. The lowest BCUT2D eigenvalue weighted by atomic mass is 10.8. The number of hydrogen-bond donors (Lipinski definition) is 0. The Kier molecular flexibility index (Phi) is 1.06. The van der Waals surface area contributed by atoms with Crippen LogP contribution in [0.15, 0.2) is 6.33 Å². The summed E-state index contributed by atoms with van der Waals surface area (Å²) in [6.45, 7) is 2.87. The van der Waals surface area contributed by atoms with Crippen LogP contribution in [0.25, 0.3) is 0 Å². The third kappa shape index (κ3) is 0.765. The summed E-state index contributed by atoms with van der Waals surface area (Å²) >= 11 is 0. The van der Waals surface area contributed by atoms with E-state index in [1.165, 1.54) is 0 Å². The van der Waals surface area contributed by atoms with E-state index in [1.54, 1.807) is 11.0 Å². The van der Waals surface area contributed by atoms with E-state index >= 15 is 0 Å². The second kappa shape index (κ2) is 1.73. The van der Waals surface area contributed by atoms with Gasteiger partial charge in [0.15, 0.2) is 0 Å². The van der Waals surface area contributed by atoms with Gasteiger partial charge in [0.05, 0.1) is 0 Å². The molecule has 1 aromatic rings. The van der Waals surface area contributed by atoms with E-state index in [2.05, 4.69) is 16.4 Å². The average molecular weight is 96.1 g/mol. The second-order valence-electron chi connectivity index (χ2n) is 1.20. The Bertz CT molecular complexity index is 121. The molecule has 1 aromatic heterocycles. The van der Waals surface area contributed by atoms with Crippen LogP contribution >= 0.6 is 0 Å². The molecule has 3 nitrogen and oxygen atoms in total. The van der Waals surface area contributed by atoms with Crippen LogP contribution < -0.4 is 0 Å². The van der Waals surface area contributed by atoms with Crippen molar-refractivity contribution in [2.24, 2.45) is 0 Å². The van der Waals surface area contributed by atoms with E-state index in [1.807, 2.05) is 6.92 Å². The maximum Gasteiger partial charge on any atom is 0.220 e. The predicted octanol–water partition coefficient (Wildman–Crippen LogP) is 0.0982. The molecule has 0 aliphatic heterocycles. The summed E-state index contributed by atoms with van der Waals surface area (Å²) in [5.74, 6) is 0. The number of aromatic nitrogens is 3. The third-order valence-corrected chi connectivity index (χ3v) is 0.746. The molecule has 0 saturated carbocycles. The minimum Gasteiger partial charge on any atom is -0.252 e. The molecule has 0 saturated heterocycles. The predicted molar refractivity (Wildman–Crippen MR) is 24.5 cm³/mol. The Morgan fingerprint density at radius 1 is 1.86 bits per heavy atom. The molecule has 0 aliphatic rings. The highest BCUT2D eigenvalue weighted by molar-refractivity contribution is 4.50. The summed E-state index contributed by atoms with van der Waals surface area (Å²) in [5.41, 5.74) is 0. The molecular weight excluding hydrogens is 90.1 g/mol. The Hall–Kier alpha value is -0.860. The van der Waals surface area contributed by atoms with Crippen LogP contribution in [0.3, 0.4) is 0 Å². The lowest BCUT2D eigenvalue weighted by molar-refractivity contribution is 0.656. The first-order chi connectivity index (χ1) is 3.43. The van der Waals surface area contributed by atoms with Crippen molar-refractivity contribution in [1.29, 1.82) is 0 Å². The van der Waals surface area contributed by atoms with Gasteiger partial charge in [-0.1, -0.05) is 0 Å². The molecule has 0 unspecified atom stereocenters. The van der Waals surface area contributed by atoms with Gasteiger partial charge in [-0.05, 0) is 6.92 Å². The summed E-state index contributed by atoms with van der Waals surface area (Å²) in [4.78, 5) is 3.62. The molecular formula is C4H6N3. The zero-order chi connectivity index (χ0) is 5.11. The molecule has 1 heterocycles. The molecule has 37 valence electrons. The van der Waals surface area contributed by atoms with Crippen LogP contribution in [0.1, 0.15) is 6.92 Å². The van der Waals surface area contributed by atoms with Crippen LogP contribution in [-0.2, 0) is 6.54 Å². The van der Waals surface area contributed by atoms with Crippen molar-refractivity contribution in [2.45, 2.75) is 13.5 Å². The number of hydrogen-bond acceptors (Lipinski definition) is 2. The lowest BCUT2D eigenvalue weighted by Gasteiger charge is -1.85. The van der Waals surface area contributed by atoms with Crippen molar-refractivity contribution in [3.8, 4) is 0 Å². The minimum atomic E-state index is 0.872. The first kappa shape index (κ1) is 4.30. The van der Waals surface area contributed by atoms with Crippen LogP contribution in [0, 0.1) is 6.33 Å². The Balaban J connectivity index is 2.76. The van der Waals surface area contributed by atoms with Gasteiger partial charge in [0.2, 0.25) is 6.33 Å². The molecule has 1 radical (unpaired) electrons. The molecule has 3 heteroatoms. The monoisotopic (exact) mass is 96.1 g/mol. The summed E-state index contributed by atoms with van der Waals surface area (Å²) in [7, 11) is 0. The lowest BCUT2D eigenvalue weighted by Crippen LogP contribution is -1.91. The van der Waals surface area contributed by atoms with Gasteiger partial charge in [0.1, 0.15) is 6.33 Å². The molecule has 0 amide bonds. The topological polar surface area (TPSA) is 30.7 Å². The first-order valence-corrected chi connectivity index (χ1v) is 2.19. The second-order valence-corrected chi connectivity index (χ2v) is 1.20. The Morgan fingerprint density at radius 3 is 3.00 bits per heavy atom. The molecule has 0 aromatic carbocycles. The fourth-order valence-electron chi connectivity index (χ4n) is 0.354. The largest absolute Gasteiger partial charge is 0.252 e. The summed E-state index contributed by atoms with van der Waals surface area (Å²) in [6.07, 6.45) is 4.08. The normalized spacial score (nSPS) is 9.29. The van der Waals surface area contributed by atoms with Crippen molar-refractivity contribution in [3.05, 3.63) is 12.7 Å². The van der Waals surface area contributed by atoms with E-state index in [-0.39, 0.29) is 0 Å². The molecule has 0 N–H and O–H groups in total. The minimum absolute atomic E-state index is 0.872. The van der Waals surface area contributed by atoms with E-state index < -0.39 is 0 Å². The Labute approximate surface area is 42.0 Å². The van der Waals surface area contributed by atoms with Crippen molar-refractivity contribution >= 4 is 0 Å². The van der Waals surface area contributed by atoms with Gasteiger partial charge in [-0.2, -0.15) is 0 Å². The highest BCUT2D eigenvalue weighted by atomic mass is 15.3. The van der Waals surface area contributed by atoms with E-state index in [4.69, 9.17) is 0 Å². The van der Waals surface area contributed by atoms with Crippen molar-refractivity contribution in [1.82, 2.24) is 14.8 Å². The zero-order valence-electron chi connectivity index (χ0n) is 4.13. The van der Waals surface area contributed by atoms with Crippen molar-refractivity contribution in [3.63, 3.8) is 0 Å². The number of nitrogens with zero attached hydrogens (tertiary/aromatic N) is 3. The molecule has 0 aliphatic carbocycles.